The predicted octanol–water partition coefficient (Wildman–Crippen LogP) is 5.46. The van der Waals surface area contributed by atoms with E-state index in [1.165, 1.54) is 14.2 Å². The van der Waals surface area contributed by atoms with Gasteiger partial charge in [-0.3, -0.25) is 9.59 Å². The molecule has 18 nitrogen and oxygen atoms in total. The minimum Gasteiger partial charge on any atom is -0.453 e. The van der Waals surface area contributed by atoms with Gasteiger partial charge in [-0.05, 0) is 67.9 Å². The molecule has 2 saturated heterocycles. The Kier molecular flexibility index (Phi) is 10.2. The summed E-state index contributed by atoms with van der Waals surface area (Å²) in [6.07, 6.45) is 3.58. The number of carbonyl (C=O) groups is 4. The lowest BCUT2D eigenvalue weighted by Crippen LogP contribution is -2.51. The number of alkyl carbamates (subject to hydrolysis) is 2. The van der Waals surface area contributed by atoms with Gasteiger partial charge < -0.3 is 49.8 Å². The number of carbonyl (C=O) groups excluding carboxylic acids is 4. The summed E-state index contributed by atoms with van der Waals surface area (Å²) in [7, 11) is 2.56. The fourth-order valence-corrected chi connectivity index (χ4v) is 8.13. The highest BCUT2D eigenvalue weighted by molar-refractivity contribution is 5.94. The van der Waals surface area contributed by atoms with Crippen LogP contribution in [0.1, 0.15) is 77.1 Å². The summed E-state index contributed by atoms with van der Waals surface area (Å²) in [5.74, 6) is 2.06. The van der Waals surface area contributed by atoms with Crippen LogP contribution in [-0.4, -0.2) is 113 Å². The number of ether oxygens (including phenoxy) is 2. The Morgan fingerprint density at radius 3 is 1.81 bits per heavy atom. The maximum atomic E-state index is 13.6. The van der Waals surface area contributed by atoms with Crippen molar-refractivity contribution in [3.8, 4) is 22.9 Å². The molecule has 2 aliphatic heterocycles. The van der Waals surface area contributed by atoms with Gasteiger partial charge >= 0.3 is 12.2 Å². The number of rotatable bonds is 10. The molecule has 4 aromatic heterocycles. The Morgan fingerprint density at radius 2 is 1.22 bits per heavy atom. The van der Waals surface area contributed by atoms with E-state index in [1.54, 1.807) is 16.0 Å². The molecule has 0 spiro atoms. The van der Waals surface area contributed by atoms with E-state index >= 15 is 0 Å². The molecule has 4 amide bonds. The van der Waals surface area contributed by atoms with E-state index < -0.39 is 24.3 Å². The Balaban J connectivity index is 0.995. The number of amides is 4. The zero-order valence-corrected chi connectivity index (χ0v) is 33.3. The first-order chi connectivity index (χ1) is 27.9. The second kappa shape index (κ2) is 15.5. The summed E-state index contributed by atoms with van der Waals surface area (Å²) >= 11 is 0. The van der Waals surface area contributed by atoms with Gasteiger partial charge in [0.2, 0.25) is 11.8 Å². The molecule has 2 fully saturated rings. The third-order valence-corrected chi connectivity index (χ3v) is 11.2. The first-order valence-corrected chi connectivity index (χ1v) is 19.7. The van der Waals surface area contributed by atoms with Crippen LogP contribution in [0.15, 0.2) is 36.5 Å². The predicted molar refractivity (Wildman–Crippen MR) is 214 cm³/mol. The van der Waals surface area contributed by atoms with E-state index in [-0.39, 0.29) is 35.7 Å². The molecule has 6 heterocycles. The van der Waals surface area contributed by atoms with Gasteiger partial charge in [-0.15, -0.1) is 0 Å². The quantitative estimate of drug-likeness (QED) is 0.103. The highest BCUT2D eigenvalue weighted by atomic mass is 16.5. The highest BCUT2D eigenvalue weighted by Crippen LogP contribution is 2.35. The van der Waals surface area contributed by atoms with Crippen molar-refractivity contribution in [3.63, 3.8) is 0 Å². The fourth-order valence-electron chi connectivity index (χ4n) is 8.13. The molecule has 58 heavy (non-hydrogen) atoms. The van der Waals surface area contributed by atoms with Crippen LogP contribution >= 0.6 is 0 Å². The molecule has 4 unspecified atom stereocenters. The number of fused-ring (bicyclic) bond motifs is 3. The lowest BCUT2D eigenvalue weighted by molar-refractivity contribution is -0.136. The van der Waals surface area contributed by atoms with Crippen LogP contribution in [0.25, 0.3) is 56.0 Å². The van der Waals surface area contributed by atoms with E-state index in [2.05, 4.69) is 35.6 Å². The normalized spacial score (nSPS) is 18.1. The van der Waals surface area contributed by atoms with Crippen LogP contribution in [0.2, 0.25) is 0 Å². The molecule has 6 aromatic rings. The Morgan fingerprint density at radius 1 is 0.672 bits per heavy atom. The number of aromatic nitrogens is 8. The molecule has 18 heteroatoms. The molecule has 2 aromatic carbocycles. The minimum absolute atomic E-state index is 0.123. The van der Waals surface area contributed by atoms with Gasteiger partial charge in [0.15, 0.2) is 5.82 Å². The molecule has 6 N–H and O–H groups in total. The first kappa shape index (κ1) is 38.4. The monoisotopic (exact) mass is 792 g/mol. The Hall–Kier alpha value is -6.46. The highest BCUT2D eigenvalue weighted by Gasteiger charge is 2.39. The minimum atomic E-state index is -0.715. The number of benzene rings is 2. The van der Waals surface area contributed by atoms with E-state index in [4.69, 9.17) is 24.4 Å². The SMILES string of the molecule is COC(=O)NC(C(=O)N1CCCC1c1ncc(-c2nc3cc4nc(-c5ccc6nc(C7CCCN7C(=O)C(NC(=O)OC)C(C)C)[nH]c6c5)[nH]c4cc3[nH]2)[nH]1)C(C)C. The average molecular weight is 793 g/mol. The summed E-state index contributed by atoms with van der Waals surface area (Å²) in [4.78, 5) is 87.7. The van der Waals surface area contributed by atoms with Crippen molar-refractivity contribution in [2.75, 3.05) is 27.3 Å². The molecular weight excluding hydrogens is 745 g/mol. The topological polar surface area (TPSA) is 232 Å². The number of imidazole rings is 4. The maximum Gasteiger partial charge on any atom is 0.407 e. The third kappa shape index (κ3) is 7.18. The van der Waals surface area contributed by atoms with Gasteiger partial charge in [0, 0.05) is 18.7 Å². The molecule has 0 aliphatic carbocycles. The van der Waals surface area contributed by atoms with Gasteiger partial charge in [0.05, 0.1) is 65.6 Å². The molecule has 4 atom stereocenters. The number of methoxy groups -OCH3 is 2. The molecule has 2 aliphatic rings. The van der Waals surface area contributed by atoms with E-state index in [9.17, 15) is 19.2 Å². The maximum absolute atomic E-state index is 13.6. The number of likely N-dealkylation sites (tertiary alicyclic amines) is 2. The first-order valence-electron chi connectivity index (χ1n) is 19.7. The smallest absolute Gasteiger partial charge is 0.407 e. The zero-order valence-electron chi connectivity index (χ0n) is 33.3. The number of hydrogen-bond acceptors (Lipinski definition) is 10. The van der Waals surface area contributed by atoms with Crippen molar-refractivity contribution < 1.29 is 28.7 Å². The van der Waals surface area contributed by atoms with Crippen LogP contribution in [0.4, 0.5) is 9.59 Å². The number of nitrogens with one attached hydrogen (secondary N) is 6. The van der Waals surface area contributed by atoms with Gasteiger partial charge in [0.25, 0.3) is 0 Å². The van der Waals surface area contributed by atoms with Crippen LogP contribution in [0.3, 0.4) is 0 Å². The van der Waals surface area contributed by atoms with E-state index in [0.29, 0.717) is 42.1 Å². The average Bonchev–Trinajstić information content (AvgIpc) is 4.06. The van der Waals surface area contributed by atoms with Crippen LogP contribution < -0.4 is 10.6 Å². The number of H-pyrrole nitrogens is 4. The second-order valence-corrected chi connectivity index (χ2v) is 15.7. The number of aromatic amines is 4. The van der Waals surface area contributed by atoms with Crippen molar-refractivity contribution in [3.05, 3.63) is 48.2 Å². The van der Waals surface area contributed by atoms with Crippen molar-refractivity contribution >= 4 is 57.1 Å². The summed E-state index contributed by atoms with van der Waals surface area (Å²) < 4.78 is 9.52. The lowest BCUT2D eigenvalue weighted by atomic mass is 10.0. The molecule has 0 saturated carbocycles. The fraction of sp³-hybridized carbons (Fsp3) is 0.450. The van der Waals surface area contributed by atoms with E-state index in [0.717, 1.165) is 64.3 Å². The van der Waals surface area contributed by atoms with Gasteiger partial charge in [0.1, 0.15) is 35.3 Å². The van der Waals surface area contributed by atoms with Gasteiger partial charge in [-0.25, -0.2) is 29.5 Å². The molecule has 0 bridgehead atoms. The van der Waals surface area contributed by atoms with Crippen LogP contribution in [-0.2, 0) is 19.1 Å². The van der Waals surface area contributed by atoms with Crippen LogP contribution in [0.5, 0.6) is 0 Å². The van der Waals surface area contributed by atoms with Crippen molar-refractivity contribution in [2.24, 2.45) is 11.8 Å². The molecule has 304 valence electrons. The Labute approximate surface area is 333 Å². The van der Waals surface area contributed by atoms with Crippen molar-refractivity contribution in [1.29, 1.82) is 0 Å². The third-order valence-electron chi connectivity index (χ3n) is 11.2. The summed E-state index contributed by atoms with van der Waals surface area (Å²) in [6.45, 7) is 8.70. The van der Waals surface area contributed by atoms with Gasteiger partial charge in [-0.2, -0.15) is 0 Å². The summed E-state index contributed by atoms with van der Waals surface area (Å²) in [6, 6.07) is 7.87. The van der Waals surface area contributed by atoms with Crippen molar-refractivity contribution in [2.45, 2.75) is 77.5 Å². The second-order valence-electron chi connectivity index (χ2n) is 15.7. The zero-order chi connectivity index (χ0) is 40.8. The number of nitrogens with zero attached hydrogens (tertiary/aromatic N) is 6. The largest absolute Gasteiger partial charge is 0.453 e. The summed E-state index contributed by atoms with van der Waals surface area (Å²) in [5.41, 5.74) is 6.26. The van der Waals surface area contributed by atoms with Crippen molar-refractivity contribution in [1.82, 2.24) is 60.3 Å². The van der Waals surface area contributed by atoms with Gasteiger partial charge in [-0.1, -0.05) is 27.7 Å². The standard InChI is InChI=1S/C40H48N12O6/c1-19(2)31(49-39(55)57-5)37(53)51-13-7-9-29(51)35-41-18-28(48-35)34-45-26-16-24-25(17-27(26)46-34)44-33(43-24)21-11-12-22-23(15-21)47-36(42-22)30-10-8-14-52(30)38(54)32(20(3)4)50-40(56)58-6/h11-12,15-20,29-32H,7-10,13-14H2,1-6H3,(H,41,48)(H,42,47)(H,43,44)(H,45,46)(H,49,55)(H,50,56). The molecule has 0 radical (unpaired) electrons. The van der Waals surface area contributed by atoms with E-state index in [1.807, 2.05) is 58.0 Å². The van der Waals surface area contributed by atoms with Crippen LogP contribution in [0, 0.1) is 11.8 Å². The lowest BCUT2D eigenvalue weighted by Gasteiger charge is -2.29. The molecule has 8 rings (SSSR count). The molecular formula is C40H48N12O6. The summed E-state index contributed by atoms with van der Waals surface area (Å²) in [5, 5.41) is 5.38. The Bertz CT molecular complexity index is 2460. The number of hydrogen-bond donors (Lipinski definition) is 6.